The molecule has 26 heavy (non-hydrogen) atoms. The number of hydrogen-bond acceptors (Lipinski definition) is 7. The Bertz CT molecular complexity index is 942. The smallest absolute Gasteiger partial charge is 0.250 e. The molecule has 9 heteroatoms. The van der Waals surface area contributed by atoms with E-state index in [9.17, 15) is 9.90 Å². The normalized spacial score (nSPS) is 11.2. The molecule has 1 amide bonds. The molecule has 3 rings (SSSR count). The van der Waals surface area contributed by atoms with Crippen LogP contribution in [0.1, 0.15) is 5.56 Å². The average molecular weight is 452 g/mol. The summed E-state index contributed by atoms with van der Waals surface area (Å²) in [6.45, 7) is 0. The summed E-state index contributed by atoms with van der Waals surface area (Å²) in [5.74, 6) is 0.216. The van der Waals surface area contributed by atoms with Gasteiger partial charge in [0.25, 0.3) is 5.91 Å². The second-order valence-electron chi connectivity index (χ2n) is 5.08. The highest BCUT2D eigenvalue weighted by Crippen LogP contribution is 2.32. The standard InChI is InChI=1S/C17H14BrN3O3S2/c1-24-13-7-11(18)6-10(16(13)23)8-19-21-15(22)9-25-17-20-12-4-2-3-5-14(12)26-17/h2-8,23H,9H2,1H3,(H,21,22)/b19-8+. The number of thiazole rings is 1. The molecule has 0 aliphatic rings. The van der Waals surface area contributed by atoms with Gasteiger partial charge in [-0.2, -0.15) is 5.10 Å². The minimum absolute atomic E-state index is 0.0439. The first-order valence-corrected chi connectivity index (χ1v) is 10.0. The number of hydrogen-bond donors (Lipinski definition) is 2. The van der Waals surface area contributed by atoms with Crippen molar-refractivity contribution >= 4 is 61.4 Å². The zero-order valence-electron chi connectivity index (χ0n) is 13.6. The fraction of sp³-hybridized carbons (Fsp3) is 0.118. The van der Waals surface area contributed by atoms with E-state index in [1.807, 2.05) is 24.3 Å². The molecule has 134 valence electrons. The molecule has 0 spiro atoms. The number of amides is 1. The number of aromatic nitrogens is 1. The van der Waals surface area contributed by atoms with Crippen molar-refractivity contribution in [1.29, 1.82) is 0 Å². The number of phenolic OH excluding ortho intramolecular Hbond substituents is 1. The number of carbonyl (C=O) groups excluding carboxylic acids is 1. The van der Waals surface area contributed by atoms with Crippen LogP contribution in [0.4, 0.5) is 0 Å². The maximum atomic E-state index is 11.9. The third kappa shape index (κ3) is 4.54. The molecule has 3 aromatic rings. The predicted molar refractivity (Wildman–Crippen MR) is 108 cm³/mol. The topological polar surface area (TPSA) is 83.8 Å². The highest BCUT2D eigenvalue weighted by atomic mass is 79.9. The van der Waals surface area contributed by atoms with Crippen molar-refractivity contribution < 1.29 is 14.6 Å². The highest BCUT2D eigenvalue weighted by molar-refractivity contribution is 9.10. The van der Waals surface area contributed by atoms with Crippen LogP contribution in [0.5, 0.6) is 11.5 Å². The SMILES string of the molecule is COc1cc(Br)cc(/C=N/NC(=O)CSc2nc3ccccc3s2)c1O. The van der Waals surface area contributed by atoms with Crippen molar-refractivity contribution in [3.63, 3.8) is 0 Å². The van der Waals surface area contributed by atoms with Crippen molar-refractivity contribution in [2.75, 3.05) is 12.9 Å². The molecular weight excluding hydrogens is 438 g/mol. The molecule has 0 atom stereocenters. The molecular formula is C17H14BrN3O3S2. The molecule has 0 radical (unpaired) electrons. The first-order chi connectivity index (χ1) is 12.6. The number of rotatable bonds is 6. The van der Waals surface area contributed by atoms with Gasteiger partial charge in [0, 0.05) is 10.0 Å². The molecule has 0 fully saturated rings. The van der Waals surface area contributed by atoms with Gasteiger partial charge in [-0.3, -0.25) is 4.79 Å². The van der Waals surface area contributed by atoms with Gasteiger partial charge in [-0.25, -0.2) is 10.4 Å². The Morgan fingerprint density at radius 3 is 3.04 bits per heavy atom. The first-order valence-electron chi connectivity index (χ1n) is 7.43. The summed E-state index contributed by atoms with van der Waals surface area (Å²) in [6, 6.07) is 11.1. The van der Waals surface area contributed by atoms with Crippen LogP contribution >= 0.6 is 39.0 Å². The summed E-state index contributed by atoms with van der Waals surface area (Å²) in [5.41, 5.74) is 3.79. The van der Waals surface area contributed by atoms with Crippen LogP contribution in [0, 0.1) is 0 Å². The lowest BCUT2D eigenvalue weighted by atomic mass is 10.2. The minimum Gasteiger partial charge on any atom is -0.504 e. The second kappa shape index (κ2) is 8.52. The van der Waals surface area contributed by atoms with Crippen LogP contribution in [0.3, 0.4) is 0 Å². The Balaban J connectivity index is 1.57. The van der Waals surface area contributed by atoms with E-state index in [0.717, 1.165) is 19.0 Å². The van der Waals surface area contributed by atoms with E-state index in [2.05, 4.69) is 31.4 Å². The zero-order valence-corrected chi connectivity index (χ0v) is 16.8. The maximum absolute atomic E-state index is 11.9. The van der Waals surface area contributed by atoms with Crippen LogP contribution < -0.4 is 10.2 Å². The molecule has 2 aromatic carbocycles. The third-order valence-corrected chi connectivity index (χ3v) is 5.92. The number of halogens is 1. The lowest BCUT2D eigenvalue weighted by Gasteiger charge is -2.06. The van der Waals surface area contributed by atoms with Crippen molar-refractivity contribution in [2.24, 2.45) is 5.10 Å². The Labute approximate surface area is 166 Å². The fourth-order valence-electron chi connectivity index (χ4n) is 2.09. The van der Waals surface area contributed by atoms with Crippen molar-refractivity contribution in [2.45, 2.75) is 4.34 Å². The van der Waals surface area contributed by atoms with Gasteiger partial charge in [-0.1, -0.05) is 39.8 Å². The lowest BCUT2D eigenvalue weighted by molar-refractivity contribution is -0.118. The monoisotopic (exact) mass is 451 g/mol. The number of carbonyl (C=O) groups is 1. The van der Waals surface area contributed by atoms with Gasteiger partial charge in [0.05, 0.1) is 29.3 Å². The molecule has 0 saturated carbocycles. The van der Waals surface area contributed by atoms with Gasteiger partial charge in [0.15, 0.2) is 15.8 Å². The van der Waals surface area contributed by atoms with E-state index in [1.165, 1.54) is 25.1 Å². The number of fused-ring (bicyclic) bond motifs is 1. The largest absolute Gasteiger partial charge is 0.504 e. The second-order valence-corrected chi connectivity index (χ2v) is 8.24. The number of thioether (sulfide) groups is 1. The van der Waals surface area contributed by atoms with Crippen molar-refractivity contribution in [1.82, 2.24) is 10.4 Å². The van der Waals surface area contributed by atoms with Crippen LogP contribution in [-0.2, 0) is 4.79 Å². The quantitative estimate of drug-likeness (QED) is 0.336. The van der Waals surface area contributed by atoms with Crippen LogP contribution in [-0.4, -0.2) is 35.1 Å². The highest BCUT2D eigenvalue weighted by Gasteiger charge is 2.09. The summed E-state index contributed by atoms with van der Waals surface area (Å²) in [6.07, 6.45) is 1.36. The Morgan fingerprint density at radius 1 is 1.46 bits per heavy atom. The predicted octanol–water partition coefficient (Wildman–Crippen LogP) is 4.02. The van der Waals surface area contributed by atoms with Crippen LogP contribution in [0.15, 0.2) is 50.3 Å². The van der Waals surface area contributed by atoms with E-state index < -0.39 is 0 Å². The third-order valence-electron chi connectivity index (χ3n) is 3.28. The molecule has 0 aliphatic carbocycles. The molecule has 1 heterocycles. The van der Waals surface area contributed by atoms with Crippen LogP contribution in [0.2, 0.25) is 0 Å². The maximum Gasteiger partial charge on any atom is 0.250 e. The molecule has 0 unspecified atom stereocenters. The average Bonchev–Trinajstić information content (AvgIpc) is 3.05. The molecule has 1 aromatic heterocycles. The number of hydrazone groups is 1. The van der Waals surface area contributed by atoms with Crippen molar-refractivity contribution in [3.8, 4) is 11.5 Å². The number of nitrogens with one attached hydrogen (secondary N) is 1. The number of phenols is 1. The summed E-state index contributed by atoms with van der Waals surface area (Å²) < 4.78 is 7.72. The summed E-state index contributed by atoms with van der Waals surface area (Å²) in [7, 11) is 1.46. The number of para-hydroxylation sites is 1. The van der Waals surface area contributed by atoms with Gasteiger partial charge < -0.3 is 9.84 Å². The molecule has 0 bridgehead atoms. The van der Waals surface area contributed by atoms with E-state index in [4.69, 9.17) is 4.74 Å². The molecule has 2 N–H and O–H groups in total. The lowest BCUT2D eigenvalue weighted by Crippen LogP contribution is -2.19. The van der Waals surface area contributed by atoms with E-state index in [0.29, 0.717) is 11.3 Å². The van der Waals surface area contributed by atoms with E-state index in [-0.39, 0.29) is 17.4 Å². The number of nitrogens with zero attached hydrogens (tertiary/aromatic N) is 2. The summed E-state index contributed by atoms with van der Waals surface area (Å²) in [4.78, 5) is 16.4. The van der Waals surface area contributed by atoms with Crippen molar-refractivity contribution in [3.05, 3.63) is 46.4 Å². The van der Waals surface area contributed by atoms with E-state index in [1.54, 1.807) is 23.5 Å². The van der Waals surface area contributed by atoms with E-state index >= 15 is 0 Å². The first kappa shape index (κ1) is 18.7. The molecule has 6 nitrogen and oxygen atoms in total. The number of aromatic hydroxyl groups is 1. The van der Waals surface area contributed by atoms with Crippen LogP contribution in [0.25, 0.3) is 10.2 Å². The molecule has 0 aliphatic heterocycles. The number of methoxy groups -OCH3 is 1. The number of ether oxygens (including phenoxy) is 1. The summed E-state index contributed by atoms with van der Waals surface area (Å²) >= 11 is 6.23. The minimum atomic E-state index is -0.257. The van der Waals surface area contributed by atoms with Gasteiger partial charge >= 0.3 is 0 Å². The molecule has 0 saturated heterocycles. The van der Waals surface area contributed by atoms with Gasteiger partial charge in [0.1, 0.15) is 0 Å². The Kier molecular flexibility index (Phi) is 6.12. The van der Waals surface area contributed by atoms with Gasteiger partial charge in [0.2, 0.25) is 0 Å². The zero-order chi connectivity index (χ0) is 18.5. The summed E-state index contributed by atoms with van der Waals surface area (Å²) in [5, 5.41) is 13.9. The number of benzene rings is 2. The Morgan fingerprint density at radius 2 is 2.27 bits per heavy atom. The van der Waals surface area contributed by atoms with Gasteiger partial charge in [-0.05, 0) is 24.3 Å². The van der Waals surface area contributed by atoms with Gasteiger partial charge in [-0.15, -0.1) is 11.3 Å². The fourth-order valence-corrected chi connectivity index (χ4v) is 4.41. The Hall–Kier alpha value is -2.10.